The molecule has 0 amide bonds. The van der Waals surface area contributed by atoms with Gasteiger partial charge in [0.2, 0.25) is 5.95 Å². The molecule has 1 aromatic rings. The topological polar surface area (TPSA) is 59.1 Å². The van der Waals surface area contributed by atoms with Gasteiger partial charge in [-0.3, -0.25) is 0 Å². The second-order valence-electron chi connectivity index (χ2n) is 4.86. The smallest absolute Gasteiger partial charge is 0.376 e. The third kappa shape index (κ3) is 4.73. The van der Waals surface area contributed by atoms with Crippen molar-refractivity contribution in [1.82, 2.24) is 9.97 Å². The lowest BCUT2D eigenvalue weighted by molar-refractivity contribution is -0.141. The molecule has 1 saturated heterocycles. The van der Waals surface area contributed by atoms with Crippen molar-refractivity contribution in [2.45, 2.75) is 38.5 Å². The summed E-state index contributed by atoms with van der Waals surface area (Å²) in [5.74, 6) is 0.127. The van der Waals surface area contributed by atoms with E-state index in [0.29, 0.717) is 19.7 Å². The zero-order valence-electron chi connectivity index (χ0n) is 11.8. The number of nitrogens with one attached hydrogen (secondary N) is 2. The number of halogens is 3. The first kappa shape index (κ1) is 15.8. The molecule has 0 spiro atoms. The Hall–Kier alpha value is -1.57. The van der Waals surface area contributed by atoms with Crippen LogP contribution in [0.25, 0.3) is 0 Å². The molecular weight excluding hydrogens is 285 g/mol. The van der Waals surface area contributed by atoms with Crippen LogP contribution in [0.2, 0.25) is 0 Å². The molecule has 8 heteroatoms. The van der Waals surface area contributed by atoms with Crippen molar-refractivity contribution in [3.05, 3.63) is 11.8 Å². The molecular formula is C13H19F3N4O. The zero-order valence-corrected chi connectivity index (χ0v) is 11.8. The Balaban J connectivity index is 2.07. The summed E-state index contributed by atoms with van der Waals surface area (Å²) < 4.78 is 44.0. The maximum atomic E-state index is 12.8. The molecule has 1 fully saturated rings. The standard InChI is InChI=1S/C13H19F3N4O/c1-2-17-12-19-10(13(14,15)16)7-11(20-12)18-8-9-5-3-4-6-21-9/h7,9H,2-6,8H2,1H3,(H2,17,18,19,20). The van der Waals surface area contributed by atoms with Gasteiger partial charge in [0.25, 0.3) is 0 Å². The molecule has 2 rings (SSSR count). The molecule has 118 valence electrons. The Morgan fingerprint density at radius 2 is 2.10 bits per heavy atom. The van der Waals surface area contributed by atoms with E-state index in [0.717, 1.165) is 25.3 Å². The van der Waals surface area contributed by atoms with Gasteiger partial charge in [0.15, 0.2) is 5.69 Å². The summed E-state index contributed by atoms with van der Waals surface area (Å²) in [6.07, 6.45) is -1.46. The predicted molar refractivity (Wildman–Crippen MR) is 73.3 cm³/mol. The first-order valence-corrected chi connectivity index (χ1v) is 7.04. The summed E-state index contributed by atoms with van der Waals surface area (Å²) >= 11 is 0. The maximum absolute atomic E-state index is 12.8. The van der Waals surface area contributed by atoms with E-state index in [4.69, 9.17) is 4.74 Å². The molecule has 0 saturated carbocycles. The number of anilines is 2. The van der Waals surface area contributed by atoms with Gasteiger partial charge < -0.3 is 15.4 Å². The van der Waals surface area contributed by atoms with Gasteiger partial charge in [-0.1, -0.05) is 0 Å². The van der Waals surface area contributed by atoms with Gasteiger partial charge in [0, 0.05) is 25.8 Å². The van der Waals surface area contributed by atoms with Crippen LogP contribution in [-0.2, 0) is 10.9 Å². The minimum Gasteiger partial charge on any atom is -0.376 e. The monoisotopic (exact) mass is 304 g/mol. The lowest BCUT2D eigenvalue weighted by atomic mass is 10.1. The lowest BCUT2D eigenvalue weighted by Gasteiger charge is -2.23. The van der Waals surface area contributed by atoms with E-state index in [9.17, 15) is 13.2 Å². The molecule has 2 heterocycles. The van der Waals surface area contributed by atoms with E-state index in [1.54, 1.807) is 6.92 Å². The van der Waals surface area contributed by atoms with Crippen LogP contribution in [-0.4, -0.2) is 35.8 Å². The van der Waals surface area contributed by atoms with Crippen molar-refractivity contribution in [3.8, 4) is 0 Å². The van der Waals surface area contributed by atoms with Crippen LogP contribution in [0, 0.1) is 0 Å². The Morgan fingerprint density at radius 1 is 1.29 bits per heavy atom. The van der Waals surface area contributed by atoms with E-state index in [2.05, 4.69) is 20.6 Å². The van der Waals surface area contributed by atoms with Gasteiger partial charge in [-0.2, -0.15) is 18.2 Å². The fraction of sp³-hybridized carbons (Fsp3) is 0.692. The van der Waals surface area contributed by atoms with Gasteiger partial charge in [-0.05, 0) is 26.2 Å². The number of rotatable bonds is 5. The van der Waals surface area contributed by atoms with E-state index in [1.165, 1.54) is 0 Å². The summed E-state index contributed by atoms with van der Waals surface area (Å²) in [5, 5.41) is 5.61. The lowest BCUT2D eigenvalue weighted by Crippen LogP contribution is -2.27. The van der Waals surface area contributed by atoms with Crippen molar-refractivity contribution in [1.29, 1.82) is 0 Å². The van der Waals surface area contributed by atoms with Crippen LogP contribution in [0.3, 0.4) is 0 Å². The molecule has 0 aliphatic carbocycles. The predicted octanol–water partition coefficient (Wildman–Crippen LogP) is 2.91. The van der Waals surface area contributed by atoms with Crippen LogP contribution in [0.5, 0.6) is 0 Å². The number of hydrogen-bond acceptors (Lipinski definition) is 5. The molecule has 1 aromatic heterocycles. The van der Waals surface area contributed by atoms with Crippen LogP contribution in [0.1, 0.15) is 31.9 Å². The van der Waals surface area contributed by atoms with Gasteiger partial charge >= 0.3 is 6.18 Å². The molecule has 1 atom stereocenters. The van der Waals surface area contributed by atoms with Crippen LogP contribution in [0.15, 0.2) is 6.07 Å². The number of aromatic nitrogens is 2. The highest BCUT2D eigenvalue weighted by Gasteiger charge is 2.33. The zero-order chi connectivity index (χ0) is 15.3. The largest absolute Gasteiger partial charge is 0.433 e. The molecule has 1 aliphatic heterocycles. The summed E-state index contributed by atoms with van der Waals surface area (Å²) in [5.41, 5.74) is -0.958. The molecule has 5 nitrogen and oxygen atoms in total. The highest BCUT2D eigenvalue weighted by molar-refractivity contribution is 5.43. The molecule has 0 aromatic carbocycles. The average molecular weight is 304 g/mol. The molecule has 0 bridgehead atoms. The van der Waals surface area contributed by atoms with Crippen molar-refractivity contribution in [2.24, 2.45) is 0 Å². The van der Waals surface area contributed by atoms with Crippen molar-refractivity contribution in [2.75, 3.05) is 30.3 Å². The minimum atomic E-state index is -4.50. The van der Waals surface area contributed by atoms with Crippen LogP contribution in [0.4, 0.5) is 24.9 Å². The molecule has 2 N–H and O–H groups in total. The van der Waals surface area contributed by atoms with Crippen LogP contribution < -0.4 is 10.6 Å². The minimum absolute atomic E-state index is 0.0191. The van der Waals surface area contributed by atoms with Crippen molar-refractivity contribution >= 4 is 11.8 Å². The van der Waals surface area contributed by atoms with Gasteiger partial charge in [0.1, 0.15) is 5.82 Å². The summed E-state index contributed by atoms with van der Waals surface area (Å²) in [6.45, 7) is 3.37. The normalized spacial score (nSPS) is 19.3. The Labute approximate surface area is 121 Å². The second kappa shape index (κ2) is 6.93. The van der Waals surface area contributed by atoms with Crippen molar-refractivity contribution < 1.29 is 17.9 Å². The highest BCUT2D eigenvalue weighted by atomic mass is 19.4. The quantitative estimate of drug-likeness (QED) is 0.876. The maximum Gasteiger partial charge on any atom is 0.433 e. The third-order valence-corrected chi connectivity index (χ3v) is 3.14. The SMILES string of the molecule is CCNc1nc(NCC2CCCCO2)cc(C(F)(F)F)n1. The van der Waals surface area contributed by atoms with E-state index < -0.39 is 11.9 Å². The Morgan fingerprint density at radius 3 is 2.71 bits per heavy atom. The highest BCUT2D eigenvalue weighted by Crippen LogP contribution is 2.29. The number of ether oxygens (including phenoxy) is 1. The number of hydrogen-bond donors (Lipinski definition) is 2. The second-order valence-corrected chi connectivity index (χ2v) is 4.86. The van der Waals surface area contributed by atoms with E-state index in [-0.39, 0.29) is 17.9 Å². The number of alkyl halides is 3. The molecule has 0 radical (unpaired) electrons. The van der Waals surface area contributed by atoms with Gasteiger partial charge in [0.05, 0.1) is 6.10 Å². The first-order chi connectivity index (χ1) is 9.99. The van der Waals surface area contributed by atoms with Crippen LogP contribution >= 0.6 is 0 Å². The average Bonchev–Trinajstić information content (AvgIpc) is 2.45. The molecule has 1 unspecified atom stereocenters. The Kier molecular flexibility index (Phi) is 5.22. The fourth-order valence-corrected chi connectivity index (χ4v) is 2.11. The fourth-order valence-electron chi connectivity index (χ4n) is 2.11. The number of nitrogens with zero attached hydrogens (tertiary/aromatic N) is 2. The van der Waals surface area contributed by atoms with E-state index >= 15 is 0 Å². The first-order valence-electron chi connectivity index (χ1n) is 7.04. The third-order valence-electron chi connectivity index (χ3n) is 3.14. The summed E-state index contributed by atoms with van der Waals surface area (Å²) in [4.78, 5) is 7.50. The van der Waals surface area contributed by atoms with Gasteiger partial charge in [-0.25, -0.2) is 4.98 Å². The van der Waals surface area contributed by atoms with Crippen molar-refractivity contribution in [3.63, 3.8) is 0 Å². The Bertz CT molecular complexity index is 461. The summed E-state index contributed by atoms with van der Waals surface area (Å²) in [6, 6.07) is 0.920. The summed E-state index contributed by atoms with van der Waals surface area (Å²) in [7, 11) is 0. The van der Waals surface area contributed by atoms with Gasteiger partial charge in [-0.15, -0.1) is 0 Å². The molecule has 1 aliphatic rings. The van der Waals surface area contributed by atoms with E-state index in [1.807, 2.05) is 0 Å². The molecule has 21 heavy (non-hydrogen) atoms.